The molecular formula is C13H12F7NO. The molecule has 0 aliphatic carbocycles. The molecule has 0 radical (unpaired) electrons. The largest absolute Gasteiger partial charge is 0.435 e. The Morgan fingerprint density at radius 3 is 1.91 bits per heavy atom. The fourth-order valence-electron chi connectivity index (χ4n) is 2.09. The van der Waals surface area contributed by atoms with E-state index in [-0.39, 0.29) is 29.6 Å². The summed E-state index contributed by atoms with van der Waals surface area (Å²) in [5, 5.41) is 2.19. The van der Waals surface area contributed by atoms with Crippen LogP contribution in [-0.4, -0.2) is 18.8 Å². The SMILES string of the molecule is CCc1cc(C(F)(C(F)(F)F)C(F)(F)F)cc(C)c1NC=O. The molecule has 22 heavy (non-hydrogen) atoms. The Morgan fingerprint density at radius 2 is 1.55 bits per heavy atom. The van der Waals surface area contributed by atoms with Crippen LogP contribution in [0.1, 0.15) is 23.6 Å². The van der Waals surface area contributed by atoms with Crippen LogP contribution in [0.15, 0.2) is 12.1 Å². The summed E-state index contributed by atoms with van der Waals surface area (Å²) < 4.78 is 90.4. The molecule has 0 aromatic heterocycles. The molecule has 1 aromatic carbocycles. The van der Waals surface area contributed by atoms with E-state index in [1.165, 1.54) is 13.8 Å². The van der Waals surface area contributed by atoms with Gasteiger partial charge in [0.25, 0.3) is 0 Å². The van der Waals surface area contributed by atoms with E-state index in [0.717, 1.165) is 0 Å². The van der Waals surface area contributed by atoms with Gasteiger partial charge in [-0.1, -0.05) is 13.0 Å². The Hall–Kier alpha value is -1.80. The fourth-order valence-corrected chi connectivity index (χ4v) is 2.09. The van der Waals surface area contributed by atoms with E-state index in [4.69, 9.17) is 0 Å². The maximum absolute atomic E-state index is 14.0. The Balaban J connectivity index is 3.66. The molecule has 0 saturated heterocycles. The van der Waals surface area contributed by atoms with Gasteiger partial charge in [0.1, 0.15) is 0 Å². The van der Waals surface area contributed by atoms with E-state index in [2.05, 4.69) is 5.32 Å². The van der Waals surface area contributed by atoms with Crippen molar-refractivity contribution in [1.82, 2.24) is 0 Å². The number of anilines is 1. The molecule has 1 amide bonds. The number of hydrogen-bond acceptors (Lipinski definition) is 1. The summed E-state index contributed by atoms with van der Waals surface area (Å²) in [6.45, 7) is 2.64. The number of carbonyl (C=O) groups is 1. The molecule has 0 aliphatic rings. The standard InChI is InChI=1S/C13H12F7NO/c1-3-8-5-9(4-7(2)10(8)21-6-22)11(14,12(15,16)17)13(18,19)20/h4-6H,3H2,1-2H3,(H,21,22). The van der Waals surface area contributed by atoms with Gasteiger partial charge in [0.05, 0.1) is 0 Å². The van der Waals surface area contributed by atoms with Gasteiger partial charge in [-0.25, -0.2) is 4.39 Å². The highest BCUT2D eigenvalue weighted by Gasteiger charge is 2.73. The summed E-state index contributed by atoms with van der Waals surface area (Å²) >= 11 is 0. The van der Waals surface area contributed by atoms with E-state index < -0.39 is 23.6 Å². The Labute approximate surface area is 121 Å². The first kappa shape index (κ1) is 18.2. The number of rotatable bonds is 4. The van der Waals surface area contributed by atoms with Crippen molar-refractivity contribution >= 4 is 12.1 Å². The Bertz CT molecular complexity index is 549. The molecule has 0 saturated carbocycles. The van der Waals surface area contributed by atoms with Crippen LogP contribution < -0.4 is 5.32 Å². The molecule has 0 fully saturated rings. The minimum Gasteiger partial charge on any atom is -0.328 e. The van der Waals surface area contributed by atoms with Crippen molar-refractivity contribution in [2.45, 2.75) is 38.3 Å². The van der Waals surface area contributed by atoms with Crippen molar-refractivity contribution < 1.29 is 35.5 Å². The zero-order valence-electron chi connectivity index (χ0n) is 11.5. The number of benzene rings is 1. The summed E-state index contributed by atoms with van der Waals surface area (Å²) in [4.78, 5) is 10.4. The van der Waals surface area contributed by atoms with Crippen LogP contribution in [0.25, 0.3) is 0 Å². The summed E-state index contributed by atoms with van der Waals surface area (Å²) in [7, 11) is 0. The molecule has 0 bridgehead atoms. The predicted octanol–water partition coefficient (Wildman–Crippen LogP) is 4.42. The monoisotopic (exact) mass is 331 g/mol. The molecule has 0 unspecified atom stereocenters. The third-order valence-electron chi connectivity index (χ3n) is 3.18. The molecule has 0 aliphatic heterocycles. The minimum absolute atomic E-state index is 0.0106. The first-order valence-corrected chi connectivity index (χ1v) is 6.06. The summed E-state index contributed by atoms with van der Waals surface area (Å²) in [6, 6.07) is 0.909. The normalized spacial score (nSPS) is 13.1. The molecule has 124 valence electrons. The smallest absolute Gasteiger partial charge is 0.328 e. The quantitative estimate of drug-likeness (QED) is 0.642. The summed E-state index contributed by atoms with van der Waals surface area (Å²) in [5.41, 5.74) is -7.10. The van der Waals surface area contributed by atoms with Gasteiger partial charge in [0.15, 0.2) is 0 Å². The van der Waals surface area contributed by atoms with E-state index >= 15 is 0 Å². The number of aryl methyl sites for hydroxylation is 2. The zero-order valence-corrected chi connectivity index (χ0v) is 11.5. The van der Waals surface area contributed by atoms with Gasteiger partial charge in [-0.05, 0) is 30.5 Å². The van der Waals surface area contributed by atoms with Crippen molar-refractivity contribution in [3.8, 4) is 0 Å². The molecule has 0 atom stereocenters. The predicted molar refractivity (Wildman–Crippen MR) is 65.1 cm³/mol. The van der Waals surface area contributed by atoms with E-state index in [9.17, 15) is 35.5 Å². The second-order valence-electron chi connectivity index (χ2n) is 4.60. The highest BCUT2D eigenvalue weighted by atomic mass is 19.4. The highest BCUT2D eigenvalue weighted by molar-refractivity contribution is 5.76. The molecule has 9 heteroatoms. The van der Waals surface area contributed by atoms with Crippen molar-refractivity contribution in [3.05, 3.63) is 28.8 Å². The fraction of sp³-hybridized carbons (Fsp3) is 0.462. The van der Waals surface area contributed by atoms with E-state index in [1.54, 1.807) is 0 Å². The molecule has 0 spiro atoms. The summed E-state index contributed by atoms with van der Waals surface area (Å²) in [5.74, 6) is 0. The topological polar surface area (TPSA) is 29.1 Å². The number of nitrogens with one attached hydrogen (secondary N) is 1. The van der Waals surface area contributed by atoms with Gasteiger partial charge in [-0.2, -0.15) is 26.3 Å². The van der Waals surface area contributed by atoms with Crippen molar-refractivity contribution in [1.29, 1.82) is 0 Å². The zero-order chi connectivity index (χ0) is 17.3. The molecule has 1 N–H and O–H groups in total. The third kappa shape index (κ3) is 2.89. The first-order valence-electron chi connectivity index (χ1n) is 6.06. The second-order valence-corrected chi connectivity index (χ2v) is 4.60. The lowest BCUT2D eigenvalue weighted by Gasteiger charge is -2.31. The van der Waals surface area contributed by atoms with Crippen LogP contribution in [0, 0.1) is 6.92 Å². The van der Waals surface area contributed by atoms with Crippen molar-refractivity contribution in [2.75, 3.05) is 5.32 Å². The second kappa shape index (κ2) is 5.77. The van der Waals surface area contributed by atoms with Gasteiger partial charge in [-0.3, -0.25) is 4.79 Å². The third-order valence-corrected chi connectivity index (χ3v) is 3.18. The van der Waals surface area contributed by atoms with Crippen LogP contribution in [-0.2, 0) is 16.9 Å². The molecule has 0 heterocycles. The molecule has 1 rings (SSSR count). The molecular weight excluding hydrogens is 319 g/mol. The molecule has 1 aromatic rings. The average Bonchev–Trinajstić information content (AvgIpc) is 2.37. The maximum atomic E-state index is 14.0. The van der Waals surface area contributed by atoms with Crippen LogP contribution in [0.2, 0.25) is 0 Å². The highest BCUT2D eigenvalue weighted by Crippen LogP contribution is 2.53. The van der Waals surface area contributed by atoms with E-state index in [1.807, 2.05) is 0 Å². The summed E-state index contributed by atoms with van der Waals surface area (Å²) in [6.07, 6.45) is -12.1. The number of alkyl halides is 7. The van der Waals surface area contributed by atoms with Gasteiger partial charge in [0, 0.05) is 11.3 Å². The first-order chi connectivity index (χ1) is 9.90. The lowest BCUT2D eigenvalue weighted by molar-refractivity contribution is -0.348. The van der Waals surface area contributed by atoms with Gasteiger partial charge >= 0.3 is 18.0 Å². The van der Waals surface area contributed by atoms with Crippen LogP contribution in [0.5, 0.6) is 0 Å². The number of amides is 1. The molecule has 2 nitrogen and oxygen atoms in total. The number of halogens is 7. The van der Waals surface area contributed by atoms with E-state index in [0.29, 0.717) is 12.1 Å². The van der Waals surface area contributed by atoms with Crippen LogP contribution in [0.3, 0.4) is 0 Å². The van der Waals surface area contributed by atoms with Gasteiger partial charge < -0.3 is 5.32 Å². The average molecular weight is 331 g/mol. The maximum Gasteiger partial charge on any atom is 0.435 e. The van der Waals surface area contributed by atoms with Crippen LogP contribution in [0.4, 0.5) is 36.4 Å². The lowest BCUT2D eigenvalue weighted by Crippen LogP contribution is -2.50. The van der Waals surface area contributed by atoms with Crippen LogP contribution >= 0.6 is 0 Å². The Kier molecular flexibility index (Phi) is 4.79. The minimum atomic E-state index is -6.16. The lowest BCUT2D eigenvalue weighted by atomic mass is 9.89. The van der Waals surface area contributed by atoms with Crippen molar-refractivity contribution in [3.63, 3.8) is 0 Å². The number of hydrogen-bond donors (Lipinski definition) is 1. The Morgan fingerprint density at radius 1 is 1.05 bits per heavy atom. The van der Waals surface area contributed by atoms with Crippen molar-refractivity contribution in [2.24, 2.45) is 0 Å². The number of carbonyl (C=O) groups excluding carboxylic acids is 1. The van der Waals surface area contributed by atoms with Gasteiger partial charge in [-0.15, -0.1) is 0 Å². The van der Waals surface area contributed by atoms with Gasteiger partial charge in [0.2, 0.25) is 6.41 Å².